The van der Waals surface area contributed by atoms with Crippen molar-refractivity contribution in [3.05, 3.63) is 30.3 Å². The molecule has 2 aromatic rings. The van der Waals surface area contributed by atoms with Crippen LogP contribution in [0.2, 0.25) is 0 Å². The zero-order valence-corrected chi connectivity index (χ0v) is 11.2. The lowest BCUT2D eigenvalue weighted by molar-refractivity contribution is 0.288. The summed E-state index contributed by atoms with van der Waals surface area (Å²) < 4.78 is 16.6. The molecule has 0 saturated carbocycles. The van der Waals surface area contributed by atoms with E-state index in [-0.39, 0.29) is 6.54 Å². The van der Waals surface area contributed by atoms with Gasteiger partial charge in [-0.1, -0.05) is 0 Å². The highest BCUT2D eigenvalue weighted by Crippen LogP contribution is 2.33. The van der Waals surface area contributed by atoms with Gasteiger partial charge in [0.15, 0.2) is 17.3 Å². The molecular formula is C14H18N2O3. The van der Waals surface area contributed by atoms with Gasteiger partial charge in [-0.25, -0.2) is 4.98 Å². The predicted octanol–water partition coefficient (Wildman–Crippen LogP) is 2.60. The van der Waals surface area contributed by atoms with Crippen LogP contribution in [0.15, 0.2) is 28.8 Å². The van der Waals surface area contributed by atoms with Crippen LogP contribution in [0.1, 0.15) is 19.7 Å². The molecule has 0 aliphatic carbocycles. The number of nitrogens with two attached hydrogens (primary N) is 1. The smallest absolute Gasteiger partial charge is 0.208 e. The summed E-state index contributed by atoms with van der Waals surface area (Å²) >= 11 is 0. The van der Waals surface area contributed by atoms with E-state index in [0.29, 0.717) is 30.6 Å². The fraction of sp³-hybridized carbons (Fsp3) is 0.357. The van der Waals surface area contributed by atoms with Gasteiger partial charge in [-0.3, -0.25) is 0 Å². The molecule has 0 atom stereocenters. The van der Waals surface area contributed by atoms with Crippen LogP contribution >= 0.6 is 0 Å². The van der Waals surface area contributed by atoms with E-state index in [2.05, 4.69) is 4.98 Å². The van der Waals surface area contributed by atoms with Gasteiger partial charge in [0.1, 0.15) is 0 Å². The Morgan fingerprint density at radius 1 is 1.16 bits per heavy atom. The number of aromatic nitrogens is 1. The maximum atomic E-state index is 5.57. The van der Waals surface area contributed by atoms with Crippen LogP contribution in [0.5, 0.6) is 11.5 Å². The Labute approximate surface area is 112 Å². The van der Waals surface area contributed by atoms with Crippen molar-refractivity contribution >= 4 is 0 Å². The minimum atomic E-state index is 0.287. The van der Waals surface area contributed by atoms with Crippen molar-refractivity contribution < 1.29 is 13.9 Å². The maximum absolute atomic E-state index is 5.57. The quantitative estimate of drug-likeness (QED) is 0.866. The summed E-state index contributed by atoms with van der Waals surface area (Å²) in [7, 11) is 0. The first kappa shape index (κ1) is 13.4. The number of benzene rings is 1. The van der Waals surface area contributed by atoms with Crippen LogP contribution in [-0.2, 0) is 6.54 Å². The van der Waals surface area contributed by atoms with E-state index >= 15 is 0 Å². The molecule has 0 radical (unpaired) electrons. The molecule has 0 bridgehead atoms. The van der Waals surface area contributed by atoms with Crippen molar-refractivity contribution in [1.82, 2.24) is 4.98 Å². The topological polar surface area (TPSA) is 70.5 Å². The van der Waals surface area contributed by atoms with Gasteiger partial charge in [0.2, 0.25) is 5.89 Å². The molecule has 2 N–H and O–H groups in total. The average molecular weight is 262 g/mol. The summed E-state index contributed by atoms with van der Waals surface area (Å²) in [4.78, 5) is 4.08. The van der Waals surface area contributed by atoms with E-state index in [1.54, 1.807) is 6.20 Å². The maximum Gasteiger partial charge on any atom is 0.208 e. The normalized spacial score (nSPS) is 10.5. The van der Waals surface area contributed by atoms with Gasteiger partial charge in [-0.2, -0.15) is 0 Å². The van der Waals surface area contributed by atoms with Gasteiger partial charge < -0.3 is 19.6 Å². The Kier molecular flexibility index (Phi) is 4.41. The van der Waals surface area contributed by atoms with Gasteiger partial charge in [0.05, 0.1) is 26.0 Å². The number of oxazole rings is 1. The average Bonchev–Trinajstić information content (AvgIpc) is 2.90. The van der Waals surface area contributed by atoms with Crippen molar-refractivity contribution in [3.63, 3.8) is 0 Å². The Bertz CT molecular complexity index is 537. The summed E-state index contributed by atoms with van der Waals surface area (Å²) in [5, 5.41) is 0. The van der Waals surface area contributed by atoms with Crippen molar-refractivity contribution in [1.29, 1.82) is 0 Å². The Hall–Kier alpha value is -2.01. The number of rotatable bonds is 6. The highest BCUT2D eigenvalue weighted by Gasteiger charge is 2.10. The lowest BCUT2D eigenvalue weighted by Crippen LogP contribution is -1.98. The minimum absolute atomic E-state index is 0.287. The zero-order valence-electron chi connectivity index (χ0n) is 11.2. The van der Waals surface area contributed by atoms with Gasteiger partial charge in [-0.05, 0) is 32.0 Å². The van der Waals surface area contributed by atoms with Crippen LogP contribution in [0.3, 0.4) is 0 Å². The zero-order chi connectivity index (χ0) is 13.7. The molecule has 1 heterocycles. The van der Waals surface area contributed by atoms with Gasteiger partial charge in [0, 0.05) is 5.56 Å². The molecule has 0 aliphatic heterocycles. The van der Waals surface area contributed by atoms with E-state index in [0.717, 1.165) is 11.3 Å². The van der Waals surface area contributed by atoms with Crippen molar-refractivity contribution in [3.8, 4) is 22.8 Å². The van der Waals surface area contributed by atoms with Gasteiger partial charge >= 0.3 is 0 Å². The highest BCUT2D eigenvalue weighted by atomic mass is 16.5. The Balaban J connectivity index is 2.33. The Morgan fingerprint density at radius 3 is 2.53 bits per heavy atom. The predicted molar refractivity (Wildman–Crippen MR) is 72.2 cm³/mol. The van der Waals surface area contributed by atoms with E-state index in [4.69, 9.17) is 19.6 Å². The van der Waals surface area contributed by atoms with Crippen LogP contribution < -0.4 is 15.2 Å². The van der Waals surface area contributed by atoms with Gasteiger partial charge in [0.25, 0.3) is 0 Å². The lowest BCUT2D eigenvalue weighted by Gasteiger charge is -2.11. The SMILES string of the molecule is CCOc1ccc(-c2cnc(CN)o2)cc1OCC. The standard InChI is InChI=1S/C14H18N2O3/c1-3-17-11-6-5-10(7-12(11)18-4-2)13-9-16-14(8-15)19-13/h5-7,9H,3-4,8,15H2,1-2H3. The van der Waals surface area contributed by atoms with Crippen LogP contribution in [0.25, 0.3) is 11.3 Å². The monoisotopic (exact) mass is 262 g/mol. The lowest BCUT2D eigenvalue weighted by atomic mass is 10.1. The molecule has 0 aliphatic rings. The largest absolute Gasteiger partial charge is 0.490 e. The summed E-state index contributed by atoms with van der Waals surface area (Å²) in [5.41, 5.74) is 6.37. The number of hydrogen-bond acceptors (Lipinski definition) is 5. The minimum Gasteiger partial charge on any atom is -0.490 e. The van der Waals surface area contributed by atoms with Crippen LogP contribution in [0.4, 0.5) is 0 Å². The summed E-state index contributed by atoms with van der Waals surface area (Å²) in [6, 6.07) is 5.66. The second-order valence-corrected chi connectivity index (χ2v) is 3.85. The third-order valence-electron chi connectivity index (χ3n) is 2.56. The first-order chi connectivity index (χ1) is 9.28. The molecule has 2 rings (SSSR count). The molecule has 19 heavy (non-hydrogen) atoms. The molecule has 0 saturated heterocycles. The summed E-state index contributed by atoms with van der Waals surface area (Å²) in [6.07, 6.45) is 1.66. The highest BCUT2D eigenvalue weighted by molar-refractivity contribution is 5.62. The first-order valence-electron chi connectivity index (χ1n) is 6.33. The molecule has 1 aromatic carbocycles. The van der Waals surface area contributed by atoms with Crippen LogP contribution in [0, 0.1) is 0 Å². The number of nitrogens with zero attached hydrogens (tertiary/aromatic N) is 1. The number of hydrogen-bond donors (Lipinski definition) is 1. The Morgan fingerprint density at radius 2 is 1.89 bits per heavy atom. The summed E-state index contributed by atoms with van der Waals surface area (Å²) in [6.45, 7) is 5.33. The molecule has 0 unspecified atom stereocenters. The number of ether oxygens (including phenoxy) is 2. The fourth-order valence-corrected chi connectivity index (χ4v) is 1.74. The molecule has 0 amide bonds. The van der Waals surface area contributed by atoms with E-state index in [1.165, 1.54) is 0 Å². The molecule has 0 spiro atoms. The summed E-state index contributed by atoms with van der Waals surface area (Å²) in [5.74, 6) is 2.62. The molecular weight excluding hydrogens is 244 g/mol. The fourth-order valence-electron chi connectivity index (χ4n) is 1.74. The molecule has 5 nitrogen and oxygen atoms in total. The van der Waals surface area contributed by atoms with E-state index in [1.807, 2.05) is 32.0 Å². The van der Waals surface area contributed by atoms with E-state index in [9.17, 15) is 0 Å². The third-order valence-corrected chi connectivity index (χ3v) is 2.56. The van der Waals surface area contributed by atoms with E-state index < -0.39 is 0 Å². The van der Waals surface area contributed by atoms with Crippen molar-refractivity contribution in [2.24, 2.45) is 5.73 Å². The van der Waals surface area contributed by atoms with Crippen LogP contribution in [-0.4, -0.2) is 18.2 Å². The molecule has 1 aromatic heterocycles. The first-order valence-corrected chi connectivity index (χ1v) is 6.33. The van der Waals surface area contributed by atoms with Gasteiger partial charge in [-0.15, -0.1) is 0 Å². The van der Waals surface area contributed by atoms with Crippen molar-refractivity contribution in [2.75, 3.05) is 13.2 Å². The molecule has 102 valence electrons. The second-order valence-electron chi connectivity index (χ2n) is 3.85. The molecule has 5 heteroatoms. The molecule has 0 fully saturated rings. The third kappa shape index (κ3) is 3.06. The second kappa shape index (κ2) is 6.24. The van der Waals surface area contributed by atoms with Crippen molar-refractivity contribution in [2.45, 2.75) is 20.4 Å².